The number of halogens is 1. The standard InChI is InChI=1S/C16H11ClO3/c17-13-6-2-4-8-15(13)20-16(18)12-9-11-5-1-3-7-14(11)19-10-12/h1-9H,10H2. The molecule has 0 unspecified atom stereocenters. The Morgan fingerprint density at radius 3 is 2.70 bits per heavy atom. The number of carbonyl (C=O) groups is 1. The zero-order valence-corrected chi connectivity index (χ0v) is 11.3. The topological polar surface area (TPSA) is 35.5 Å². The van der Waals surface area contributed by atoms with Gasteiger partial charge in [0.25, 0.3) is 0 Å². The molecule has 0 saturated heterocycles. The number of carbonyl (C=O) groups excluding carboxylic acids is 1. The second-order valence-electron chi connectivity index (χ2n) is 4.32. The Labute approximate surface area is 121 Å². The average Bonchev–Trinajstić information content (AvgIpc) is 2.49. The molecule has 2 aromatic rings. The van der Waals surface area contributed by atoms with Gasteiger partial charge in [0, 0.05) is 5.56 Å². The number of ether oxygens (including phenoxy) is 2. The van der Waals surface area contributed by atoms with Crippen LogP contribution in [-0.2, 0) is 4.79 Å². The van der Waals surface area contributed by atoms with Gasteiger partial charge in [-0.3, -0.25) is 0 Å². The Balaban J connectivity index is 1.83. The van der Waals surface area contributed by atoms with Crippen LogP contribution >= 0.6 is 11.6 Å². The molecule has 0 saturated carbocycles. The van der Waals surface area contributed by atoms with Gasteiger partial charge in [-0.25, -0.2) is 4.79 Å². The lowest BCUT2D eigenvalue weighted by Gasteiger charge is -2.17. The van der Waals surface area contributed by atoms with Crippen LogP contribution in [0.5, 0.6) is 11.5 Å². The number of fused-ring (bicyclic) bond motifs is 1. The maximum absolute atomic E-state index is 12.1. The van der Waals surface area contributed by atoms with Crippen LogP contribution < -0.4 is 9.47 Å². The predicted molar refractivity (Wildman–Crippen MR) is 77.0 cm³/mol. The molecule has 0 aromatic heterocycles. The molecule has 0 spiro atoms. The zero-order valence-electron chi connectivity index (χ0n) is 10.5. The Morgan fingerprint density at radius 2 is 1.85 bits per heavy atom. The molecule has 0 atom stereocenters. The highest BCUT2D eigenvalue weighted by Crippen LogP contribution is 2.28. The van der Waals surface area contributed by atoms with Crippen molar-refractivity contribution in [1.82, 2.24) is 0 Å². The quantitative estimate of drug-likeness (QED) is 0.623. The third kappa shape index (κ3) is 2.53. The summed E-state index contributed by atoms with van der Waals surface area (Å²) < 4.78 is 10.8. The second kappa shape index (κ2) is 5.39. The summed E-state index contributed by atoms with van der Waals surface area (Å²) in [6.45, 7) is 0.195. The van der Waals surface area contributed by atoms with E-state index in [4.69, 9.17) is 21.1 Å². The summed E-state index contributed by atoms with van der Waals surface area (Å²) in [4.78, 5) is 12.1. The molecule has 20 heavy (non-hydrogen) atoms. The summed E-state index contributed by atoms with van der Waals surface area (Å²) in [5, 5.41) is 0.401. The summed E-state index contributed by atoms with van der Waals surface area (Å²) in [6, 6.07) is 14.4. The van der Waals surface area contributed by atoms with Crippen LogP contribution in [0.1, 0.15) is 5.56 Å². The van der Waals surface area contributed by atoms with E-state index in [9.17, 15) is 4.79 Å². The lowest BCUT2D eigenvalue weighted by atomic mass is 10.1. The van der Waals surface area contributed by atoms with E-state index >= 15 is 0 Å². The Morgan fingerprint density at radius 1 is 1.10 bits per heavy atom. The van der Waals surface area contributed by atoms with Crippen molar-refractivity contribution in [3.05, 3.63) is 64.7 Å². The van der Waals surface area contributed by atoms with E-state index in [0.29, 0.717) is 16.3 Å². The van der Waals surface area contributed by atoms with Crippen molar-refractivity contribution < 1.29 is 14.3 Å². The molecule has 3 rings (SSSR count). The molecule has 100 valence electrons. The summed E-state index contributed by atoms with van der Waals surface area (Å²) >= 11 is 5.96. The van der Waals surface area contributed by atoms with Crippen molar-refractivity contribution in [3.8, 4) is 11.5 Å². The smallest absolute Gasteiger partial charge is 0.342 e. The van der Waals surface area contributed by atoms with Gasteiger partial charge in [0.15, 0.2) is 0 Å². The third-order valence-corrected chi connectivity index (χ3v) is 3.25. The molecule has 1 aliphatic heterocycles. The van der Waals surface area contributed by atoms with Crippen molar-refractivity contribution in [2.24, 2.45) is 0 Å². The first-order chi connectivity index (χ1) is 9.74. The second-order valence-corrected chi connectivity index (χ2v) is 4.72. The summed E-state index contributed by atoms with van der Waals surface area (Å²) in [7, 11) is 0. The van der Waals surface area contributed by atoms with E-state index in [0.717, 1.165) is 11.3 Å². The SMILES string of the molecule is O=C(Oc1ccccc1Cl)C1=Cc2ccccc2OC1. The molecule has 0 radical (unpaired) electrons. The van der Waals surface area contributed by atoms with E-state index in [1.165, 1.54) is 0 Å². The summed E-state index contributed by atoms with van der Waals surface area (Å²) in [5.41, 5.74) is 1.33. The van der Waals surface area contributed by atoms with Crippen LogP contribution in [0.25, 0.3) is 6.08 Å². The highest BCUT2D eigenvalue weighted by Gasteiger charge is 2.19. The lowest BCUT2D eigenvalue weighted by Crippen LogP contribution is -2.19. The number of esters is 1. The number of rotatable bonds is 2. The molecule has 0 amide bonds. The first-order valence-corrected chi connectivity index (χ1v) is 6.51. The highest BCUT2D eigenvalue weighted by atomic mass is 35.5. The summed E-state index contributed by atoms with van der Waals surface area (Å²) in [5.74, 6) is 0.660. The Bertz CT molecular complexity index is 692. The van der Waals surface area contributed by atoms with E-state index in [2.05, 4.69) is 0 Å². The minimum atomic E-state index is -0.451. The fourth-order valence-corrected chi connectivity index (χ4v) is 2.10. The minimum absolute atomic E-state index is 0.195. The largest absolute Gasteiger partial charge is 0.488 e. The Kier molecular flexibility index (Phi) is 3.44. The number of benzene rings is 2. The van der Waals surface area contributed by atoms with Crippen LogP contribution in [0.2, 0.25) is 5.02 Å². The van der Waals surface area contributed by atoms with Gasteiger partial charge in [-0.05, 0) is 24.3 Å². The van der Waals surface area contributed by atoms with Gasteiger partial charge in [-0.2, -0.15) is 0 Å². The monoisotopic (exact) mass is 286 g/mol. The minimum Gasteiger partial charge on any atom is -0.488 e. The number of hydrogen-bond acceptors (Lipinski definition) is 3. The van der Waals surface area contributed by atoms with Gasteiger partial charge in [-0.1, -0.05) is 41.9 Å². The van der Waals surface area contributed by atoms with Gasteiger partial charge >= 0.3 is 5.97 Å². The third-order valence-electron chi connectivity index (χ3n) is 2.93. The van der Waals surface area contributed by atoms with Crippen LogP contribution in [0.3, 0.4) is 0 Å². The molecule has 0 bridgehead atoms. The molecule has 0 N–H and O–H groups in total. The molecular weight excluding hydrogens is 276 g/mol. The van der Waals surface area contributed by atoms with Gasteiger partial charge in [0.1, 0.15) is 18.1 Å². The average molecular weight is 287 g/mol. The van der Waals surface area contributed by atoms with Gasteiger partial charge in [-0.15, -0.1) is 0 Å². The fourth-order valence-electron chi connectivity index (χ4n) is 1.93. The normalized spacial score (nSPS) is 12.9. The van der Waals surface area contributed by atoms with Crippen LogP contribution in [-0.4, -0.2) is 12.6 Å². The summed E-state index contributed by atoms with van der Waals surface area (Å²) in [6.07, 6.45) is 1.78. The van der Waals surface area contributed by atoms with Gasteiger partial charge in [0.05, 0.1) is 10.6 Å². The van der Waals surface area contributed by atoms with Crippen LogP contribution in [0.4, 0.5) is 0 Å². The van der Waals surface area contributed by atoms with Gasteiger partial charge < -0.3 is 9.47 Å². The van der Waals surface area contributed by atoms with Crippen molar-refractivity contribution in [3.63, 3.8) is 0 Å². The maximum Gasteiger partial charge on any atom is 0.342 e. The number of hydrogen-bond donors (Lipinski definition) is 0. The fraction of sp³-hybridized carbons (Fsp3) is 0.0625. The first-order valence-electron chi connectivity index (χ1n) is 6.13. The lowest BCUT2D eigenvalue weighted by molar-refractivity contribution is -0.130. The van der Waals surface area contributed by atoms with E-state index < -0.39 is 5.97 Å². The van der Waals surface area contributed by atoms with Crippen molar-refractivity contribution in [2.75, 3.05) is 6.61 Å². The molecule has 1 aliphatic rings. The highest BCUT2D eigenvalue weighted by molar-refractivity contribution is 6.32. The van der Waals surface area contributed by atoms with Gasteiger partial charge in [0.2, 0.25) is 0 Å². The molecular formula is C16H11ClO3. The zero-order chi connectivity index (χ0) is 13.9. The molecule has 1 heterocycles. The van der Waals surface area contributed by atoms with Crippen molar-refractivity contribution in [2.45, 2.75) is 0 Å². The molecule has 0 aliphatic carbocycles. The Hall–Kier alpha value is -2.26. The molecule has 4 heteroatoms. The van der Waals surface area contributed by atoms with E-state index in [1.807, 2.05) is 24.3 Å². The molecule has 3 nitrogen and oxygen atoms in total. The molecule has 0 fully saturated rings. The maximum atomic E-state index is 12.1. The van der Waals surface area contributed by atoms with Crippen LogP contribution in [0.15, 0.2) is 54.1 Å². The van der Waals surface area contributed by atoms with Crippen LogP contribution in [0, 0.1) is 0 Å². The van der Waals surface area contributed by atoms with E-state index in [1.54, 1.807) is 30.3 Å². The molecule has 2 aromatic carbocycles. The predicted octanol–water partition coefficient (Wildman–Crippen LogP) is 3.72. The number of para-hydroxylation sites is 2. The van der Waals surface area contributed by atoms with E-state index in [-0.39, 0.29) is 6.61 Å². The van der Waals surface area contributed by atoms with Crippen molar-refractivity contribution in [1.29, 1.82) is 0 Å². The van der Waals surface area contributed by atoms with Crippen molar-refractivity contribution >= 4 is 23.6 Å². The first kappa shape index (κ1) is 12.8.